The molecule has 2 atom stereocenters. The maximum absolute atomic E-state index is 12.7. The molecule has 0 aliphatic carbocycles. The molecule has 30 heavy (non-hydrogen) atoms. The topological polar surface area (TPSA) is 102 Å². The molecule has 2 unspecified atom stereocenters. The highest BCUT2D eigenvalue weighted by Crippen LogP contribution is 2.26. The maximum Gasteiger partial charge on any atom is 0.293 e. The van der Waals surface area contributed by atoms with Gasteiger partial charge in [-0.3, -0.25) is 19.7 Å². The fraction of sp³-hybridized carbons (Fsp3) is 0.364. The van der Waals surface area contributed by atoms with Crippen LogP contribution < -0.4 is 5.32 Å². The summed E-state index contributed by atoms with van der Waals surface area (Å²) < 4.78 is 5.67. The number of carbonyl (C=O) groups is 2. The van der Waals surface area contributed by atoms with Crippen molar-refractivity contribution in [2.24, 2.45) is 0 Å². The van der Waals surface area contributed by atoms with Gasteiger partial charge in [-0.2, -0.15) is 0 Å². The molecule has 0 spiro atoms. The van der Waals surface area contributed by atoms with Crippen LogP contribution in [0, 0.1) is 10.1 Å². The number of Topliss-reactive ketones (excluding diaryl/α,β-unsaturated/α-hetero) is 1. The molecule has 3 rings (SSSR count). The van der Waals surface area contributed by atoms with Crippen LogP contribution in [0.25, 0.3) is 0 Å². The Hall–Kier alpha value is -3.26. The summed E-state index contributed by atoms with van der Waals surface area (Å²) in [5.41, 5.74) is 1.95. The number of nitrogens with one attached hydrogen (secondary N) is 1. The van der Waals surface area contributed by atoms with Gasteiger partial charge in [0, 0.05) is 36.8 Å². The molecule has 1 heterocycles. The van der Waals surface area contributed by atoms with Crippen LogP contribution in [-0.4, -0.2) is 46.8 Å². The van der Waals surface area contributed by atoms with Crippen LogP contribution in [0.1, 0.15) is 47.1 Å². The highest BCUT2D eigenvalue weighted by atomic mass is 16.6. The number of anilines is 1. The van der Waals surface area contributed by atoms with E-state index in [4.69, 9.17) is 4.74 Å². The van der Waals surface area contributed by atoms with Crippen LogP contribution in [0.15, 0.2) is 42.5 Å². The van der Waals surface area contributed by atoms with Gasteiger partial charge in [0.15, 0.2) is 5.78 Å². The van der Waals surface area contributed by atoms with Gasteiger partial charge in [-0.1, -0.05) is 12.1 Å². The zero-order valence-corrected chi connectivity index (χ0v) is 17.3. The van der Waals surface area contributed by atoms with Crippen LogP contribution in [0.2, 0.25) is 0 Å². The smallest absolute Gasteiger partial charge is 0.293 e. The fourth-order valence-electron chi connectivity index (χ4n) is 3.54. The van der Waals surface area contributed by atoms with Gasteiger partial charge in [-0.25, -0.2) is 0 Å². The van der Waals surface area contributed by atoms with E-state index < -0.39 is 4.92 Å². The Bertz CT molecular complexity index is 948. The van der Waals surface area contributed by atoms with E-state index in [0.717, 1.165) is 5.56 Å². The van der Waals surface area contributed by atoms with Crippen molar-refractivity contribution >= 4 is 23.1 Å². The Labute approximate surface area is 175 Å². The third kappa shape index (κ3) is 5.01. The van der Waals surface area contributed by atoms with E-state index in [2.05, 4.69) is 5.32 Å². The van der Waals surface area contributed by atoms with Crippen molar-refractivity contribution < 1.29 is 19.2 Å². The number of nitrogens with zero attached hydrogens (tertiary/aromatic N) is 2. The average Bonchev–Trinajstić information content (AvgIpc) is 2.71. The number of ether oxygens (including phenoxy) is 1. The van der Waals surface area contributed by atoms with E-state index >= 15 is 0 Å². The predicted molar refractivity (Wildman–Crippen MR) is 113 cm³/mol. The number of hydrogen-bond acceptors (Lipinski definition) is 6. The lowest BCUT2D eigenvalue weighted by Gasteiger charge is -2.35. The van der Waals surface area contributed by atoms with Gasteiger partial charge >= 0.3 is 0 Å². The Morgan fingerprint density at radius 2 is 1.70 bits per heavy atom. The molecule has 1 amide bonds. The Morgan fingerprint density at radius 3 is 2.27 bits per heavy atom. The highest BCUT2D eigenvalue weighted by molar-refractivity contribution is 5.95. The van der Waals surface area contributed by atoms with Crippen LogP contribution >= 0.6 is 0 Å². The molecule has 2 aromatic carbocycles. The number of benzene rings is 2. The van der Waals surface area contributed by atoms with E-state index in [1.165, 1.54) is 19.1 Å². The lowest BCUT2D eigenvalue weighted by Crippen LogP contribution is -2.48. The summed E-state index contributed by atoms with van der Waals surface area (Å²) in [5.74, 6) is -0.263. The molecular weight excluding hydrogens is 386 g/mol. The van der Waals surface area contributed by atoms with Crippen molar-refractivity contribution in [1.82, 2.24) is 4.90 Å². The molecule has 1 N–H and O–H groups in total. The first-order valence-corrected chi connectivity index (χ1v) is 9.81. The number of rotatable bonds is 6. The van der Waals surface area contributed by atoms with Gasteiger partial charge in [0.1, 0.15) is 5.69 Å². The minimum Gasteiger partial charge on any atom is -0.375 e. The van der Waals surface area contributed by atoms with E-state index in [1.807, 2.05) is 26.0 Å². The number of nitro groups is 1. The monoisotopic (exact) mass is 411 g/mol. The SMILES string of the molecule is CC(=O)c1ccc(NCc2ccc(C(=O)N3CC(C)OC(C)C3)cc2)c([N+](=O)[O-])c1. The van der Waals surface area contributed by atoms with Crippen molar-refractivity contribution in [2.75, 3.05) is 18.4 Å². The average molecular weight is 411 g/mol. The summed E-state index contributed by atoms with van der Waals surface area (Å²) in [6.45, 7) is 6.74. The van der Waals surface area contributed by atoms with Crippen LogP contribution in [0.4, 0.5) is 11.4 Å². The summed E-state index contributed by atoms with van der Waals surface area (Å²) in [6, 6.07) is 11.5. The first-order valence-electron chi connectivity index (χ1n) is 9.81. The molecule has 1 aliphatic rings. The molecule has 0 radical (unpaired) electrons. The molecule has 8 heteroatoms. The summed E-state index contributed by atoms with van der Waals surface area (Å²) in [5, 5.41) is 14.4. The fourth-order valence-corrected chi connectivity index (χ4v) is 3.54. The van der Waals surface area contributed by atoms with Crippen LogP contribution in [0.3, 0.4) is 0 Å². The number of carbonyl (C=O) groups excluding carboxylic acids is 2. The second-order valence-electron chi connectivity index (χ2n) is 7.56. The second kappa shape index (κ2) is 9.04. The van der Waals surface area contributed by atoms with Crippen molar-refractivity contribution in [3.05, 3.63) is 69.3 Å². The second-order valence-corrected chi connectivity index (χ2v) is 7.56. The molecule has 1 fully saturated rings. The molecule has 8 nitrogen and oxygen atoms in total. The van der Waals surface area contributed by atoms with Crippen molar-refractivity contribution in [1.29, 1.82) is 0 Å². The minimum atomic E-state index is -0.513. The Balaban J connectivity index is 1.67. The molecule has 158 valence electrons. The van der Waals surface area contributed by atoms with Crippen molar-refractivity contribution in [3.8, 4) is 0 Å². The molecule has 2 aromatic rings. The van der Waals surface area contributed by atoms with Gasteiger partial charge in [0.25, 0.3) is 11.6 Å². The lowest BCUT2D eigenvalue weighted by atomic mass is 10.1. The summed E-state index contributed by atoms with van der Waals surface area (Å²) in [7, 11) is 0. The Kier molecular flexibility index (Phi) is 6.47. The zero-order chi connectivity index (χ0) is 21.8. The molecule has 0 saturated carbocycles. The zero-order valence-electron chi connectivity index (χ0n) is 17.3. The number of amides is 1. The molecule has 0 aromatic heterocycles. The van der Waals surface area contributed by atoms with Gasteiger partial charge < -0.3 is 15.0 Å². The number of ketones is 1. The number of hydrogen-bond donors (Lipinski definition) is 1. The van der Waals surface area contributed by atoms with Crippen LogP contribution in [-0.2, 0) is 11.3 Å². The predicted octanol–water partition coefficient (Wildman–Crippen LogP) is 3.66. The van der Waals surface area contributed by atoms with Crippen LogP contribution in [0.5, 0.6) is 0 Å². The van der Waals surface area contributed by atoms with Crippen molar-refractivity contribution in [3.63, 3.8) is 0 Å². The number of nitro benzene ring substituents is 1. The first kappa shape index (κ1) is 21.4. The van der Waals surface area contributed by atoms with Gasteiger partial charge in [-0.05, 0) is 50.6 Å². The normalized spacial score (nSPS) is 18.7. The quantitative estimate of drug-likeness (QED) is 0.442. The summed E-state index contributed by atoms with van der Waals surface area (Å²) >= 11 is 0. The first-order chi connectivity index (χ1) is 14.2. The van der Waals surface area contributed by atoms with Crippen molar-refractivity contribution in [2.45, 2.75) is 39.5 Å². The van der Waals surface area contributed by atoms with E-state index in [0.29, 0.717) is 36.4 Å². The number of morpholine rings is 1. The summed E-state index contributed by atoms with van der Waals surface area (Å²) in [6.07, 6.45) is 0.0118. The third-order valence-electron chi connectivity index (χ3n) is 4.99. The standard InChI is InChI=1S/C22H25N3O5/c1-14-12-24(13-15(2)30-14)22(27)18-6-4-17(5-7-18)11-23-20-9-8-19(16(3)26)10-21(20)25(28)29/h4-10,14-15,23H,11-13H2,1-3H3. The Morgan fingerprint density at radius 1 is 1.10 bits per heavy atom. The maximum atomic E-state index is 12.7. The molecule has 1 saturated heterocycles. The molecule has 0 bridgehead atoms. The third-order valence-corrected chi connectivity index (χ3v) is 4.99. The van der Waals surface area contributed by atoms with E-state index in [1.54, 1.807) is 23.1 Å². The summed E-state index contributed by atoms with van der Waals surface area (Å²) in [4.78, 5) is 36.8. The molecular formula is C22H25N3O5. The minimum absolute atomic E-state index is 0.00588. The van der Waals surface area contributed by atoms with E-state index in [9.17, 15) is 19.7 Å². The van der Waals surface area contributed by atoms with Gasteiger partial charge in [0.2, 0.25) is 0 Å². The highest BCUT2D eigenvalue weighted by Gasteiger charge is 2.26. The molecule has 1 aliphatic heterocycles. The van der Waals surface area contributed by atoms with Gasteiger partial charge in [0.05, 0.1) is 17.1 Å². The largest absolute Gasteiger partial charge is 0.375 e. The lowest BCUT2D eigenvalue weighted by molar-refractivity contribution is -0.384. The van der Waals surface area contributed by atoms with Gasteiger partial charge in [-0.15, -0.1) is 0 Å². The van der Waals surface area contributed by atoms with E-state index in [-0.39, 0.29) is 29.6 Å².